The van der Waals surface area contributed by atoms with Crippen LogP contribution in [0.1, 0.15) is 42.4 Å². The maximum Gasteiger partial charge on any atom is 0.160 e. The van der Waals surface area contributed by atoms with Gasteiger partial charge in [-0.05, 0) is 49.2 Å². The molecule has 5 rings (SSSR count). The Balaban J connectivity index is 1.65. The molecule has 3 aromatic rings. The van der Waals surface area contributed by atoms with E-state index in [-0.39, 0.29) is 12.1 Å². The summed E-state index contributed by atoms with van der Waals surface area (Å²) in [6.07, 6.45) is 5.18. The number of rotatable bonds is 4. The first-order chi connectivity index (χ1) is 13.8. The minimum atomic E-state index is 0.0238. The van der Waals surface area contributed by atoms with Gasteiger partial charge in [-0.3, -0.25) is 9.98 Å². The standard InChI is InChI=1S/C23H24N4S/c1-3-17-15-28-23-25-21(18-10-6-7-13-24-18)22(27(17)23)20-12-8-14-26(20)19-11-5-4-9-16(19)2/h4-14,17,21-22H,3,15H2,1-2H3/t17-,21-,22+/m1/s1. The van der Waals surface area contributed by atoms with Crippen molar-refractivity contribution in [1.29, 1.82) is 0 Å². The van der Waals surface area contributed by atoms with E-state index in [0.717, 1.165) is 17.9 Å². The molecule has 0 amide bonds. The van der Waals surface area contributed by atoms with E-state index in [1.54, 1.807) is 0 Å². The third-order valence-corrected chi connectivity index (χ3v) is 6.91. The minimum Gasteiger partial charge on any atom is -0.337 e. The first-order valence-electron chi connectivity index (χ1n) is 9.91. The second kappa shape index (κ2) is 7.13. The Morgan fingerprint density at radius 1 is 1.07 bits per heavy atom. The van der Waals surface area contributed by atoms with Gasteiger partial charge in [-0.25, -0.2) is 0 Å². The van der Waals surface area contributed by atoms with Crippen LogP contribution in [0.4, 0.5) is 0 Å². The number of amidine groups is 1. The van der Waals surface area contributed by atoms with Crippen molar-refractivity contribution in [3.63, 3.8) is 0 Å². The van der Waals surface area contributed by atoms with Gasteiger partial charge in [0.1, 0.15) is 12.1 Å². The summed E-state index contributed by atoms with van der Waals surface area (Å²) in [5.41, 5.74) is 4.83. The first-order valence-corrected chi connectivity index (χ1v) is 10.9. The van der Waals surface area contributed by atoms with E-state index in [0.29, 0.717) is 6.04 Å². The minimum absolute atomic E-state index is 0.0238. The van der Waals surface area contributed by atoms with Gasteiger partial charge in [0.05, 0.1) is 5.69 Å². The molecule has 2 aliphatic heterocycles. The maximum absolute atomic E-state index is 5.14. The Labute approximate surface area is 170 Å². The average Bonchev–Trinajstić information content (AvgIpc) is 3.43. The highest BCUT2D eigenvalue weighted by Gasteiger charge is 2.46. The van der Waals surface area contributed by atoms with Gasteiger partial charge < -0.3 is 9.47 Å². The van der Waals surface area contributed by atoms with E-state index in [9.17, 15) is 0 Å². The van der Waals surface area contributed by atoms with E-state index in [2.05, 4.69) is 83.0 Å². The van der Waals surface area contributed by atoms with Crippen molar-refractivity contribution in [2.45, 2.75) is 38.4 Å². The van der Waals surface area contributed by atoms with Crippen molar-refractivity contribution < 1.29 is 0 Å². The molecule has 5 heteroatoms. The summed E-state index contributed by atoms with van der Waals surface area (Å²) in [5.74, 6) is 1.12. The topological polar surface area (TPSA) is 33.4 Å². The number of nitrogens with zero attached hydrogens (tertiary/aromatic N) is 4. The number of pyridine rings is 1. The molecule has 0 unspecified atom stereocenters. The van der Waals surface area contributed by atoms with E-state index in [4.69, 9.17) is 4.99 Å². The van der Waals surface area contributed by atoms with Gasteiger partial charge in [-0.2, -0.15) is 0 Å². The molecule has 0 radical (unpaired) electrons. The fourth-order valence-electron chi connectivity index (χ4n) is 4.36. The molecule has 0 spiro atoms. The van der Waals surface area contributed by atoms with Crippen LogP contribution in [0.5, 0.6) is 0 Å². The largest absolute Gasteiger partial charge is 0.337 e. The lowest BCUT2D eigenvalue weighted by Gasteiger charge is -2.32. The molecule has 3 atom stereocenters. The summed E-state index contributed by atoms with van der Waals surface area (Å²) in [5, 5.41) is 1.17. The molecule has 28 heavy (non-hydrogen) atoms. The highest BCUT2D eigenvalue weighted by Crippen LogP contribution is 2.48. The average molecular weight is 389 g/mol. The summed E-state index contributed by atoms with van der Waals surface area (Å²) in [4.78, 5) is 12.4. The van der Waals surface area contributed by atoms with Crippen LogP contribution >= 0.6 is 11.8 Å². The van der Waals surface area contributed by atoms with Gasteiger partial charge in [-0.15, -0.1) is 0 Å². The molecule has 1 saturated heterocycles. The Morgan fingerprint density at radius 3 is 2.71 bits per heavy atom. The smallest absolute Gasteiger partial charge is 0.160 e. The number of thioether (sulfide) groups is 1. The molecular formula is C23H24N4S. The normalized spacial score (nSPS) is 23.7. The summed E-state index contributed by atoms with van der Waals surface area (Å²) < 4.78 is 2.34. The predicted molar refractivity (Wildman–Crippen MR) is 116 cm³/mol. The predicted octanol–water partition coefficient (Wildman–Crippen LogP) is 5.16. The van der Waals surface area contributed by atoms with Gasteiger partial charge in [0.25, 0.3) is 0 Å². The Bertz CT molecular complexity index is 1010. The number of aryl methyl sites for hydroxylation is 1. The highest BCUT2D eigenvalue weighted by molar-refractivity contribution is 8.14. The molecule has 4 heterocycles. The van der Waals surface area contributed by atoms with Crippen molar-refractivity contribution in [2.24, 2.45) is 4.99 Å². The molecule has 0 saturated carbocycles. The molecule has 0 aliphatic carbocycles. The molecule has 0 N–H and O–H groups in total. The fraction of sp³-hybridized carbons (Fsp3) is 0.304. The Hall–Kier alpha value is -2.53. The molecule has 1 aromatic carbocycles. The van der Waals surface area contributed by atoms with Crippen molar-refractivity contribution >= 4 is 16.9 Å². The number of hydrogen-bond acceptors (Lipinski definition) is 4. The number of aliphatic imine (C=N–C) groups is 1. The monoisotopic (exact) mass is 388 g/mol. The van der Waals surface area contributed by atoms with Crippen molar-refractivity contribution in [1.82, 2.24) is 14.5 Å². The highest BCUT2D eigenvalue weighted by atomic mass is 32.2. The van der Waals surface area contributed by atoms with Crippen LogP contribution in [0.3, 0.4) is 0 Å². The lowest BCUT2D eigenvalue weighted by Crippen LogP contribution is -2.36. The van der Waals surface area contributed by atoms with Gasteiger partial charge >= 0.3 is 0 Å². The molecule has 1 fully saturated rings. The summed E-state index contributed by atoms with van der Waals surface area (Å²) in [6.45, 7) is 4.45. The fourth-order valence-corrected chi connectivity index (χ4v) is 5.70. The SMILES string of the molecule is CC[C@@H]1CSC2=N[C@H](c3ccccn3)[C@H](c3cccn3-c3ccccc3C)N21. The van der Waals surface area contributed by atoms with Gasteiger partial charge in [0, 0.05) is 35.6 Å². The van der Waals surface area contributed by atoms with E-state index < -0.39 is 0 Å². The number of para-hydroxylation sites is 1. The Kier molecular flexibility index (Phi) is 4.47. The maximum atomic E-state index is 5.14. The summed E-state index contributed by atoms with van der Waals surface area (Å²) in [7, 11) is 0. The second-order valence-corrected chi connectivity index (χ2v) is 8.41. The van der Waals surface area contributed by atoms with E-state index in [1.807, 2.05) is 24.0 Å². The molecule has 2 aliphatic rings. The third-order valence-electron chi connectivity index (χ3n) is 5.79. The molecule has 2 aromatic heterocycles. The lowest BCUT2D eigenvalue weighted by atomic mass is 9.99. The van der Waals surface area contributed by atoms with Crippen LogP contribution in [0, 0.1) is 6.92 Å². The quantitative estimate of drug-likeness (QED) is 0.619. The number of aromatic nitrogens is 2. The van der Waals surface area contributed by atoms with Gasteiger partial charge in [0.2, 0.25) is 0 Å². The van der Waals surface area contributed by atoms with Gasteiger partial charge in [-0.1, -0.05) is 43.0 Å². The zero-order chi connectivity index (χ0) is 19.1. The van der Waals surface area contributed by atoms with Crippen molar-refractivity contribution in [3.05, 3.63) is 83.9 Å². The molecule has 0 bridgehead atoms. The van der Waals surface area contributed by atoms with Crippen LogP contribution < -0.4 is 0 Å². The van der Waals surface area contributed by atoms with Crippen LogP contribution in [0.2, 0.25) is 0 Å². The number of fused-ring (bicyclic) bond motifs is 1. The van der Waals surface area contributed by atoms with E-state index in [1.165, 1.54) is 22.1 Å². The molecule has 142 valence electrons. The zero-order valence-electron chi connectivity index (χ0n) is 16.2. The van der Waals surface area contributed by atoms with E-state index >= 15 is 0 Å². The first kappa shape index (κ1) is 17.6. The summed E-state index contributed by atoms with van der Waals surface area (Å²) in [6, 6.07) is 19.8. The second-order valence-electron chi connectivity index (χ2n) is 7.43. The molecule has 4 nitrogen and oxygen atoms in total. The van der Waals surface area contributed by atoms with Crippen LogP contribution in [-0.4, -0.2) is 31.4 Å². The number of hydrogen-bond donors (Lipinski definition) is 0. The summed E-state index contributed by atoms with van der Waals surface area (Å²) >= 11 is 1.89. The lowest BCUT2D eigenvalue weighted by molar-refractivity contribution is 0.249. The van der Waals surface area contributed by atoms with Crippen LogP contribution in [-0.2, 0) is 0 Å². The van der Waals surface area contributed by atoms with Crippen LogP contribution in [0.25, 0.3) is 5.69 Å². The number of benzene rings is 1. The zero-order valence-corrected chi connectivity index (χ0v) is 17.0. The van der Waals surface area contributed by atoms with Crippen LogP contribution in [0.15, 0.2) is 72.0 Å². The third kappa shape index (κ3) is 2.76. The van der Waals surface area contributed by atoms with Crippen molar-refractivity contribution in [3.8, 4) is 5.69 Å². The Morgan fingerprint density at radius 2 is 1.93 bits per heavy atom. The molecular weight excluding hydrogens is 364 g/mol. The van der Waals surface area contributed by atoms with Crippen molar-refractivity contribution in [2.75, 3.05) is 5.75 Å². The van der Waals surface area contributed by atoms with Gasteiger partial charge in [0.15, 0.2) is 5.17 Å².